The second-order valence-corrected chi connectivity index (χ2v) is 12.8. The molecule has 0 amide bonds. The minimum absolute atomic E-state index is 0.103. The molecule has 0 aromatic carbocycles. The van der Waals surface area contributed by atoms with Crippen molar-refractivity contribution < 1.29 is 15.3 Å². The van der Waals surface area contributed by atoms with Gasteiger partial charge in [0, 0.05) is 12.0 Å². The van der Waals surface area contributed by atoms with Gasteiger partial charge in [0.15, 0.2) is 0 Å². The summed E-state index contributed by atoms with van der Waals surface area (Å²) in [6, 6.07) is 0. The van der Waals surface area contributed by atoms with Crippen LogP contribution >= 0.6 is 0 Å². The summed E-state index contributed by atoms with van der Waals surface area (Å²) >= 11 is 0. The van der Waals surface area contributed by atoms with E-state index in [1.807, 2.05) is 0 Å². The van der Waals surface area contributed by atoms with E-state index in [0.717, 1.165) is 56.9 Å². The molecule has 4 aliphatic rings. The highest BCUT2D eigenvalue weighted by atomic mass is 16.3. The van der Waals surface area contributed by atoms with Crippen molar-refractivity contribution in [3.63, 3.8) is 0 Å². The Kier molecular flexibility index (Phi) is 6.53. The van der Waals surface area contributed by atoms with Crippen molar-refractivity contribution in [2.24, 2.45) is 52.3 Å². The Labute approximate surface area is 196 Å². The van der Waals surface area contributed by atoms with Crippen molar-refractivity contribution in [3.05, 3.63) is 24.3 Å². The highest BCUT2D eigenvalue weighted by Gasteiger charge is 2.68. The normalized spacial score (nSPS) is 49.5. The Balaban J connectivity index is 1.61. The molecular weight excluding hydrogens is 396 g/mol. The van der Waals surface area contributed by atoms with Crippen LogP contribution in [0.25, 0.3) is 0 Å². The first-order chi connectivity index (χ1) is 15.0. The van der Waals surface area contributed by atoms with Crippen LogP contribution in [-0.4, -0.2) is 33.6 Å². The molecule has 3 N–H and O–H groups in total. The predicted molar refractivity (Wildman–Crippen MR) is 131 cm³/mol. The standard InChI is InChI=1S/C29H48O3/c1-18(2)19(3)7-8-20(4)22-9-10-26-28(22,17-30)15-13-25-27(6)14-12-24(31)21(5)23(27)11-16-29(25,26)32/h7-8,18,20-26,30-32H,3,9-17H2,1-2,4-6H3. The van der Waals surface area contributed by atoms with Gasteiger partial charge in [-0.1, -0.05) is 58.9 Å². The predicted octanol–water partition coefficient (Wildman–Crippen LogP) is 5.74. The molecule has 0 aliphatic heterocycles. The molecule has 4 fully saturated rings. The zero-order chi connectivity index (χ0) is 23.5. The first-order valence-electron chi connectivity index (χ1n) is 13.4. The molecule has 4 aliphatic carbocycles. The molecule has 0 heterocycles. The highest BCUT2D eigenvalue weighted by molar-refractivity contribution is 5.21. The van der Waals surface area contributed by atoms with Crippen LogP contribution in [0.4, 0.5) is 0 Å². The lowest BCUT2D eigenvalue weighted by Crippen LogP contribution is -2.66. The van der Waals surface area contributed by atoms with Crippen LogP contribution < -0.4 is 0 Å². The number of aliphatic hydroxyl groups is 3. The van der Waals surface area contributed by atoms with Crippen LogP contribution in [0, 0.1) is 52.3 Å². The van der Waals surface area contributed by atoms with E-state index < -0.39 is 5.60 Å². The molecule has 4 rings (SSSR count). The van der Waals surface area contributed by atoms with E-state index in [9.17, 15) is 15.3 Å². The topological polar surface area (TPSA) is 60.7 Å². The van der Waals surface area contributed by atoms with Crippen LogP contribution in [0.1, 0.15) is 86.0 Å². The van der Waals surface area contributed by atoms with Crippen LogP contribution in [-0.2, 0) is 0 Å². The van der Waals surface area contributed by atoms with E-state index in [0.29, 0.717) is 35.5 Å². The molecule has 0 spiro atoms. The van der Waals surface area contributed by atoms with Gasteiger partial charge in [0.2, 0.25) is 0 Å². The van der Waals surface area contributed by atoms with E-state index in [-0.39, 0.29) is 29.5 Å². The van der Waals surface area contributed by atoms with Gasteiger partial charge in [-0.05, 0) is 98.2 Å². The van der Waals surface area contributed by atoms with Gasteiger partial charge in [-0.15, -0.1) is 0 Å². The molecule has 0 aromatic heterocycles. The van der Waals surface area contributed by atoms with Crippen molar-refractivity contribution in [3.8, 4) is 0 Å². The van der Waals surface area contributed by atoms with Gasteiger partial charge in [0.1, 0.15) is 0 Å². The molecule has 0 saturated heterocycles. The number of aliphatic hydroxyl groups excluding tert-OH is 2. The Morgan fingerprint density at radius 1 is 1.03 bits per heavy atom. The van der Waals surface area contributed by atoms with Gasteiger partial charge in [-0.25, -0.2) is 0 Å². The van der Waals surface area contributed by atoms with Gasteiger partial charge < -0.3 is 15.3 Å². The summed E-state index contributed by atoms with van der Waals surface area (Å²) in [4.78, 5) is 0. The maximum absolute atomic E-state index is 12.4. The third-order valence-electron chi connectivity index (χ3n) is 11.3. The Bertz CT molecular complexity index is 743. The lowest BCUT2D eigenvalue weighted by atomic mass is 9.41. The van der Waals surface area contributed by atoms with Crippen LogP contribution in [0.5, 0.6) is 0 Å². The monoisotopic (exact) mass is 444 g/mol. The van der Waals surface area contributed by atoms with E-state index in [4.69, 9.17) is 0 Å². The second-order valence-electron chi connectivity index (χ2n) is 12.8. The first kappa shape index (κ1) is 24.5. The quantitative estimate of drug-likeness (QED) is 0.474. The zero-order valence-electron chi connectivity index (χ0n) is 21.2. The molecule has 0 aromatic rings. The molecular formula is C29H48O3. The molecule has 3 heteroatoms. The van der Waals surface area contributed by atoms with Gasteiger partial charge in [-0.3, -0.25) is 0 Å². The van der Waals surface area contributed by atoms with Crippen molar-refractivity contribution >= 4 is 0 Å². The van der Waals surface area contributed by atoms with E-state index in [1.54, 1.807) is 0 Å². The summed E-state index contributed by atoms with van der Waals surface area (Å²) in [7, 11) is 0. The number of allylic oxidation sites excluding steroid dienone is 3. The third kappa shape index (κ3) is 3.48. The summed E-state index contributed by atoms with van der Waals surface area (Å²) in [5, 5.41) is 33.8. The minimum Gasteiger partial charge on any atom is -0.396 e. The lowest BCUT2D eigenvalue weighted by molar-refractivity contribution is -0.242. The van der Waals surface area contributed by atoms with Crippen LogP contribution in [0.2, 0.25) is 0 Å². The third-order valence-corrected chi connectivity index (χ3v) is 11.3. The summed E-state index contributed by atoms with van der Waals surface area (Å²) < 4.78 is 0. The maximum Gasteiger partial charge on any atom is 0.0715 e. The SMILES string of the molecule is C=C(C=CC(C)C1CCC2C3(O)CCC4C(C)C(O)CCC4(C)C3CCC12CO)C(C)C. The molecule has 0 bridgehead atoms. The van der Waals surface area contributed by atoms with E-state index >= 15 is 0 Å². The lowest BCUT2D eigenvalue weighted by Gasteiger charge is -2.66. The first-order valence-corrected chi connectivity index (χ1v) is 13.4. The molecule has 3 nitrogen and oxygen atoms in total. The van der Waals surface area contributed by atoms with Crippen LogP contribution in [0.3, 0.4) is 0 Å². The Morgan fingerprint density at radius 3 is 2.41 bits per heavy atom. The van der Waals surface area contributed by atoms with Gasteiger partial charge in [0.05, 0.1) is 11.7 Å². The summed E-state index contributed by atoms with van der Waals surface area (Å²) in [5.41, 5.74) is 0.420. The van der Waals surface area contributed by atoms with Gasteiger partial charge in [-0.2, -0.15) is 0 Å². The van der Waals surface area contributed by atoms with E-state index in [2.05, 4.69) is 53.3 Å². The molecule has 4 saturated carbocycles. The van der Waals surface area contributed by atoms with Crippen LogP contribution in [0.15, 0.2) is 24.3 Å². The van der Waals surface area contributed by atoms with Gasteiger partial charge >= 0.3 is 0 Å². The van der Waals surface area contributed by atoms with Crippen molar-refractivity contribution in [1.82, 2.24) is 0 Å². The van der Waals surface area contributed by atoms with Gasteiger partial charge in [0.25, 0.3) is 0 Å². The summed E-state index contributed by atoms with van der Waals surface area (Å²) in [5.74, 6) is 2.53. The fourth-order valence-electron chi connectivity index (χ4n) is 9.32. The zero-order valence-corrected chi connectivity index (χ0v) is 21.2. The average Bonchev–Trinajstić information content (AvgIpc) is 3.15. The number of fused-ring (bicyclic) bond motifs is 5. The fourth-order valence-corrected chi connectivity index (χ4v) is 9.32. The second kappa shape index (κ2) is 8.54. The molecule has 32 heavy (non-hydrogen) atoms. The minimum atomic E-state index is -0.673. The summed E-state index contributed by atoms with van der Waals surface area (Å²) in [6.07, 6.45) is 12.2. The van der Waals surface area contributed by atoms with Crippen molar-refractivity contribution in [2.45, 2.75) is 97.7 Å². The summed E-state index contributed by atoms with van der Waals surface area (Å²) in [6.45, 7) is 15.7. The highest BCUT2D eigenvalue weighted by Crippen LogP contribution is 2.70. The Morgan fingerprint density at radius 2 is 1.75 bits per heavy atom. The number of hydrogen-bond donors (Lipinski definition) is 3. The molecule has 0 radical (unpaired) electrons. The average molecular weight is 445 g/mol. The molecule has 10 unspecified atom stereocenters. The molecule has 182 valence electrons. The smallest absolute Gasteiger partial charge is 0.0715 e. The number of rotatable bonds is 5. The molecule has 10 atom stereocenters. The van der Waals surface area contributed by atoms with E-state index in [1.165, 1.54) is 0 Å². The van der Waals surface area contributed by atoms with Crippen molar-refractivity contribution in [2.75, 3.05) is 6.61 Å². The number of hydrogen-bond acceptors (Lipinski definition) is 3. The Hall–Kier alpha value is -0.640. The van der Waals surface area contributed by atoms with Crippen molar-refractivity contribution in [1.29, 1.82) is 0 Å². The fraction of sp³-hybridized carbons (Fsp3) is 0.862. The maximum atomic E-state index is 12.4. The largest absolute Gasteiger partial charge is 0.396 e.